The average molecular weight is 630 g/mol. The van der Waals surface area contributed by atoms with Crippen LogP contribution in [0, 0.1) is 12.3 Å². The summed E-state index contributed by atoms with van der Waals surface area (Å²) in [5.74, 6) is -0.164. The molecule has 1 aromatic heterocycles. The van der Waals surface area contributed by atoms with Crippen molar-refractivity contribution in [2.24, 2.45) is 5.41 Å². The Morgan fingerprint density at radius 3 is 2.30 bits per heavy atom. The second-order valence-electron chi connectivity index (χ2n) is 11.0. The summed E-state index contributed by atoms with van der Waals surface area (Å²) in [7, 11) is -3.74. The summed E-state index contributed by atoms with van der Waals surface area (Å²) in [5, 5.41) is 7.44. The van der Waals surface area contributed by atoms with Crippen LogP contribution in [0.25, 0.3) is 16.9 Å². The largest absolute Gasteiger partial charge is 0.382 e. The van der Waals surface area contributed by atoms with Crippen LogP contribution in [0.15, 0.2) is 42.5 Å². The first-order valence-electron chi connectivity index (χ1n) is 13.0. The van der Waals surface area contributed by atoms with Crippen molar-refractivity contribution >= 4 is 51.6 Å². The third-order valence-electron chi connectivity index (χ3n) is 6.54. The topological polar surface area (TPSA) is 93.5 Å². The molecule has 2 heterocycles. The molecule has 3 aromatic rings. The summed E-state index contributed by atoms with van der Waals surface area (Å²) < 4.78 is 31.9. The number of hydrogen-bond donors (Lipinski definition) is 1. The molecule has 12 heteroatoms. The third kappa shape index (κ3) is 8.13. The van der Waals surface area contributed by atoms with Crippen molar-refractivity contribution in [2.45, 2.75) is 53.4 Å². The molecule has 0 bridgehead atoms. The first kappa shape index (κ1) is 32.2. The number of hydrogen-bond acceptors (Lipinski definition) is 6. The van der Waals surface area contributed by atoms with Crippen LogP contribution in [0.2, 0.25) is 10.0 Å². The highest BCUT2D eigenvalue weighted by atomic mass is 35.5. The van der Waals surface area contributed by atoms with E-state index in [1.54, 1.807) is 47.1 Å². The lowest BCUT2D eigenvalue weighted by Crippen LogP contribution is -2.45. The quantitative estimate of drug-likeness (QED) is 0.274. The van der Waals surface area contributed by atoms with Gasteiger partial charge < -0.3 is 4.18 Å². The summed E-state index contributed by atoms with van der Waals surface area (Å²) in [6.45, 7) is 9.36. The molecule has 1 fully saturated rings. The van der Waals surface area contributed by atoms with Gasteiger partial charge in [0.05, 0.1) is 22.2 Å². The first-order valence-corrected chi connectivity index (χ1v) is 15.3. The maximum atomic E-state index is 13.3. The van der Waals surface area contributed by atoms with Gasteiger partial charge in [0.25, 0.3) is 5.91 Å². The SMILES string of the molecule is Cc1c(C(=O)NN2CCCCC2)nn(-c2ccc(Cl)cc2Cl)c1-c1ccc(OS(=O)(=O)CCC(C)(C)C)cc1.Cl. The van der Waals surface area contributed by atoms with Crippen molar-refractivity contribution in [1.29, 1.82) is 0 Å². The monoisotopic (exact) mass is 628 g/mol. The Kier molecular flexibility index (Phi) is 10.6. The number of rotatable bonds is 8. The molecule has 8 nitrogen and oxygen atoms in total. The number of piperidine rings is 1. The Morgan fingerprint density at radius 2 is 1.70 bits per heavy atom. The number of nitrogens with one attached hydrogen (secondary N) is 1. The van der Waals surface area contributed by atoms with Crippen LogP contribution in [0.1, 0.15) is 62.5 Å². The maximum absolute atomic E-state index is 13.3. The van der Waals surface area contributed by atoms with Gasteiger partial charge in [-0.2, -0.15) is 13.5 Å². The molecule has 0 atom stereocenters. The number of carbonyl (C=O) groups is 1. The Balaban J connectivity index is 0.00000441. The number of carbonyl (C=O) groups excluding carboxylic acids is 1. The molecule has 1 aliphatic heterocycles. The van der Waals surface area contributed by atoms with E-state index in [1.165, 1.54) is 0 Å². The van der Waals surface area contributed by atoms with Gasteiger partial charge >= 0.3 is 10.1 Å². The number of halogens is 3. The predicted molar refractivity (Wildman–Crippen MR) is 162 cm³/mol. The lowest BCUT2D eigenvalue weighted by Gasteiger charge is -2.26. The van der Waals surface area contributed by atoms with Crippen LogP contribution in [0.3, 0.4) is 0 Å². The van der Waals surface area contributed by atoms with Crippen molar-refractivity contribution in [3.63, 3.8) is 0 Å². The molecule has 1 aliphatic rings. The highest BCUT2D eigenvalue weighted by Crippen LogP contribution is 2.34. The minimum atomic E-state index is -3.74. The van der Waals surface area contributed by atoms with Crippen molar-refractivity contribution in [1.82, 2.24) is 20.2 Å². The average Bonchev–Trinajstić information content (AvgIpc) is 3.20. The van der Waals surface area contributed by atoms with E-state index in [9.17, 15) is 13.2 Å². The van der Waals surface area contributed by atoms with Gasteiger partial charge in [-0.15, -0.1) is 12.4 Å². The van der Waals surface area contributed by atoms with Gasteiger partial charge in [-0.25, -0.2) is 9.69 Å². The molecule has 0 radical (unpaired) electrons. The summed E-state index contributed by atoms with van der Waals surface area (Å²) in [4.78, 5) is 13.3. The first-order chi connectivity index (χ1) is 18.3. The zero-order chi connectivity index (χ0) is 28.4. The minimum absolute atomic E-state index is 0. The normalized spacial score (nSPS) is 14.4. The van der Waals surface area contributed by atoms with Crippen LogP contribution >= 0.6 is 35.6 Å². The molecule has 1 amide bonds. The highest BCUT2D eigenvalue weighted by molar-refractivity contribution is 7.87. The van der Waals surface area contributed by atoms with Gasteiger partial charge in [0.15, 0.2) is 5.69 Å². The molecule has 0 unspecified atom stereocenters. The molecule has 2 aromatic carbocycles. The summed E-state index contributed by atoms with van der Waals surface area (Å²) in [6.07, 6.45) is 3.69. The van der Waals surface area contributed by atoms with Crippen LogP contribution in [0.4, 0.5) is 0 Å². The maximum Gasteiger partial charge on any atom is 0.309 e. The second-order valence-corrected chi connectivity index (χ2v) is 13.5. The van der Waals surface area contributed by atoms with Crippen molar-refractivity contribution in [3.05, 3.63) is 63.8 Å². The van der Waals surface area contributed by atoms with Gasteiger partial charge in [-0.3, -0.25) is 10.2 Å². The van der Waals surface area contributed by atoms with Gasteiger partial charge in [-0.1, -0.05) is 50.4 Å². The van der Waals surface area contributed by atoms with E-state index in [4.69, 9.17) is 27.4 Å². The van der Waals surface area contributed by atoms with Crippen LogP contribution < -0.4 is 9.61 Å². The molecule has 0 saturated carbocycles. The van der Waals surface area contributed by atoms with Crippen molar-refractivity contribution < 1.29 is 17.4 Å². The summed E-state index contributed by atoms with van der Waals surface area (Å²) >= 11 is 12.7. The molecular formula is C28H35Cl3N4O4S. The molecule has 0 aliphatic carbocycles. The molecule has 1 saturated heterocycles. The lowest BCUT2D eigenvalue weighted by atomic mass is 9.94. The van der Waals surface area contributed by atoms with Crippen LogP contribution in [-0.4, -0.2) is 48.0 Å². The highest BCUT2D eigenvalue weighted by Gasteiger charge is 2.25. The minimum Gasteiger partial charge on any atom is -0.382 e. The van der Waals surface area contributed by atoms with E-state index in [1.807, 2.05) is 32.7 Å². The van der Waals surface area contributed by atoms with Gasteiger partial charge in [0.2, 0.25) is 0 Å². The smallest absolute Gasteiger partial charge is 0.309 e. The zero-order valence-electron chi connectivity index (χ0n) is 23.0. The number of benzene rings is 2. The van der Waals surface area contributed by atoms with Crippen molar-refractivity contribution in [2.75, 3.05) is 18.8 Å². The van der Waals surface area contributed by atoms with Gasteiger partial charge in [-0.05, 0) is 74.1 Å². The second kappa shape index (κ2) is 13.1. The van der Waals surface area contributed by atoms with E-state index in [0.29, 0.717) is 39.0 Å². The summed E-state index contributed by atoms with van der Waals surface area (Å²) in [5.41, 5.74) is 5.69. The van der Waals surface area contributed by atoms with E-state index in [-0.39, 0.29) is 40.9 Å². The van der Waals surface area contributed by atoms with Gasteiger partial charge in [0, 0.05) is 29.2 Å². The predicted octanol–water partition coefficient (Wildman–Crippen LogP) is 6.85. The lowest BCUT2D eigenvalue weighted by molar-refractivity contribution is 0.0743. The van der Waals surface area contributed by atoms with E-state index in [2.05, 4.69) is 10.5 Å². The number of hydrazine groups is 1. The Labute approximate surface area is 252 Å². The molecular weight excluding hydrogens is 595 g/mol. The zero-order valence-corrected chi connectivity index (χ0v) is 26.2. The van der Waals surface area contributed by atoms with E-state index >= 15 is 0 Å². The number of aromatic nitrogens is 2. The molecule has 40 heavy (non-hydrogen) atoms. The summed E-state index contributed by atoms with van der Waals surface area (Å²) in [6, 6.07) is 11.7. The van der Waals surface area contributed by atoms with Gasteiger partial charge in [0.1, 0.15) is 5.75 Å². The number of amides is 1. The molecule has 218 valence electrons. The Hall–Kier alpha value is -2.30. The number of nitrogens with zero attached hydrogens (tertiary/aromatic N) is 3. The fourth-order valence-electron chi connectivity index (χ4n) is 4.37. The van der Waals surface area contributed by atoms with E-state index < -0.39 is 10.1 Å². The standard InChI is InChI=1S/C28H34Cl2N4O4S.ClH/c1-19-25(27(35)32-33-15-6-5-7-16-33)31-34(24-13-10-21(29)18-23(24)30)26(19)20-8-11-22(12-9-20)38-39(36,37)17-14-28(2,3)4;/h8-13,18H,5-7,14-17H2,1-4H3,(H,32,35);1H. The third-order valence-corrected chi connectivity index (χ3v) is 8.23. The van der Waals surface area contributed by atoms with Crippen LogP contribution in [0.5, 0.6) is 5.75 Å². The van der Waals surface area contributed by atoms with Crippen LogP contribution in [-0.2, 0) is 10.1 Å². The van der Waals surface area contributed by atoms with E-state index in [0.717, 1.165) is 32.4 Å². The Bertz CT molecular complexity index is 1450. The molecule has 1 N–H and O–H groups in total. The van der Waals surface area contributed by atoms with Crippen molar-refractivity contribution in [3.8, 4) is 22.7 Å². The fourth-order valence-corrected chi connectivity index (χ4v) is 6.21. The fraction of sp³-hybridized carbons (Fsp3) is 0.429. The molecule has 0 spiro atoms. The molecule has 4 rings (SSSR count). The Morgan fingerprint density at radius 1 is 1.05 bits per heavy atom.